The summed E-state index contributed by atoms with van der Waals surface area (Å²) in [7, 11) is 2.02. The molecule has 1 aliphatic rings. The number of halogens is 2. The highest BCUT2D eigenvalue weighted by atomic mass is 19.3. The van der Waals surface area contributed by atoms with E-state index in [2.05, 4.69) is 25.2 Å². The molecular formula is C16H15F2N5O3. The molecule has 0 saturated heterocycles. The number of rotatable bonds is 5. The zero-order valence-electron chi connectivity index (χ0n) is 13.9. The predicted molar refractivity (Wildman–Crippen MR) is 83.4 cm³/mol. The molecule has 0 aromatic carbocycles. The topological polar surface area (TPSA) is 90.3 Å². The lowest BCUT2D eigenvalue weighted by Gasteiger charge is -2.20. The minimum Gasteiger partial charge on any atom is -0.469 e. The zero-order chi connectivity index (χ0) is 18.1. The predicted octanol–water partition coefficient (Wildman–Crippen LogP) is 2.62. The first-order valence-corrected chi connectivity index (χ1v) is 7.96. The number of alkyl halides is 2. The van der Waals surface area contributed by atoms with Gasteiger partial charge >= 0.3 is 6.43 Å². The van der Waals surface area contributed by atoms with Gasteiger partial charge in [-0.25, -0.2) is 0 Å². The minimum absolute atomic E-state index is 0.00567. The van der Waals surface area contributed by atoms with E-state index in [1.807, 2.05) is 7.05 Å². The SMILES string of the molecule is CN1CCc2onc(OCc3ccc(-c4nnc(C(F)F)o4)cn3)c2C1. The van der Waals surface area contributed by atoms with Gasteiger partial charge in [0.1, 0.15) is 12.4 Å². The molecule has 0 unspecified atom stereocenters. The maximum absolute atomic E-state index is 12.5. The van der Waals surface area contributed by atoms with Crippen LogP contribution in [0.4, 0.5) is 8.78 Å². The third kappa shape index (κ3) is 3.27. The lowest BCUT2D eigenvalue weighted by Crippen LogP contribution is -2.25. The number of aromatic nitrogens is 4. The molecule has 0 N–H and O–H groups in total. The largest absolute Gasteiger partial charge is 0.469 e. The average Bonchev–Trinajstić information content (AvgIpc) is 3.28. The number of nitrogens with zero attached hydrogens (tertiary/aromatic N) is 5. The van der Waals surface area contributed by atoms with Gasteiger partial charge in [0.15, 0.2) is 0 Å². The molecule has 0 radical (unpaired) electrons. The molecule has 26 heavy (non-hydrogen) atoms. The molecule has 10 heteroatoms. The number of pyridine rings is 1. The Hall–Kier alpha value is -2.88. The molecule has 4 heterocycles. The highest BCUT2D eigenvalue weighted by molar-refractivity contribution is 5.50. The fourth-order valence-corrected chi connectivity index (χ4v) is 2.65. The summed E-state index contributed by atoms with van der Waals surface area (Å²) in [5.41, 5.74) is 2.05. The number of ether oxygens (including phenoxy) is 1. The summed E-state index contributed by atoms with van der Waals surface area (Å²) in [5, 5.41) is 10.8. The average molecular weight is 363 g/mol. The van der Waals surface area contributed by atoms with E-state index in [0.29, 0.717) is 17.1 Å². The molecule has 0 fully saturated rings. The molecule has 3 aromatic heterocycles. The summed E-state index contributed by atoms with van der Waals surface area (Å²) in [6, 6.07) is 3.35. The van der Waals surface area contributed by atoms with E-state index in [9.17, 15) is 8.78 Å². The summed E-state index contributed by atoms with van der Waals surface area (Å²) >= 11 is 0. The number of hydrogen-bond donors (Lipinski definition) is 0. The first-order valence-electron chi connectivity index (χ1n) is 7.96. The van der Waals surface area contributed by atoms with Gasteiger partial charge in [-0.15, -0.1) is 10.2 Å². The maximum Gasteiger partial charge on any atom is 0.314 e. The van der Waals surface area contributed by atoms with E-state index in [4.69, 9.17) is 13.7 Å². The Morgan fingerprint density at radius 1 is 1.31 bits per heavy atom. The molecule has 0 amide bonds. The smallest absolute Gasteiger partial charge is 0.314 e. The summed E-state index contributed by atoms with van der Waals surface area (Å²) in [6.45, 7) is 1.85. The maximum atomic E-state index is 12.5. The summed E-state index contributed by atoms with van der Waals surface area (Å²) < 4.78 is 40.9. The van der Waals surface area contributed by atoms with Crippen LogP contribution < -0.4 is 4.74 Å². The molecule has 0 bridgehead atoms. The van der Waals surface area contributed by atoms with Gasteiger partial charge in [0.05, 0.1) is 16.8 Å². The third-order valence-corrected chi connectivity index (χ3v) is 4.04. The van der Waals surface area contributed by atoms with Gasteiger partial charge in [-0.3, -0.25) is 4.98 Å². The van der Waals surface area contributed by atoms with Crippen LogP contribution in [0.3, 0.4) is 0 Å². The number of fused-ring (bicyclic) bond motifs is 1. The van der Waals surface area contributed by atoms with Crippen LogP contribution in [0.25, 0.3) is 11.5 Å². The molecule has 3 aromatic rings. The van der Waals surface area contributed by atoms with E-state index >= 15 is 0 Å². The van der Waals surface area contributed by atoms with Crippen LogP contribution in [0.2, 0.25) is 0 Å². The van der Waals surface area contributed by atoms with Crippen LogP contribution in [-0.2, 0) is 19.6 Å². The molecule has 4 rings (SSSR count). The highest BCUT2D eigenvalue weighted by Gasteiger charge is 2.23. The summed E-state index contributed by atoms with van der Waals surface area (Å²) in [5.74, 6) is 0.602. The van der Waals surface area contributed by atoms with Crippen molar-refractivity contribution in [3.05, 3.63) is 41.2 Å². The summed E-state index contributed by atoms with van der Waals surface area (Å²) in [4.78, 5) is 6.39. The first kappa shape index (κ1) is 16.6. The van der Waals surface area contributed by atoms with Crippen LogP contribution in [0.15, 0.2) is 27.3 Å². The first-order chi connectivity index (χ1) is 12.6. The Balaban J connectivity index is 1.43. The van der Waals surface area contributed by atoms with E-state index in [0.717, 1.165) is 30.8 Å². The second-order valence-electron chi connectivity index (χ2n) is 5.95. The normalized spacial score (nSPS) is 14.6. The van der Waals surface area contributed by atoms with Crippen LogP contribution in [0, 0.1) is 0 Å². The Bertz CT molecular complexity index is 894. The molecular weight excluding hydrogens is 348 g/mol. The van der Waals surface area contributed by atoms with Gasteiger partial charge in [-0.1, -0.05) is 0 Å². The van der Waals surface area contributed by atoms with Crippen molar-refractivity contribution in [3.63, 3.8) is 0 Å². The van der Waals surface area contributed by atoms with Crippen molar-refractivity contribution in [2.45, 2.75) is 26.0 Å². The third-order valence-electron chi connectivity index (χ3n) is 4.04. The molecule has 1 aliphatic heterocycles. The quantitative estimate of drug-likeness (QED) is 0.683. The highest BCUT2D eigenvalue weighted by Crippen LogP contribution is 2.27. The molecule has 136 valence electrons. The van der Waals surface area contributed by atoms with E-state index in [1.54, 1.807) is 12.1 Å². The van der Waals surface area contributed by atoms with Gasteiger partial charge in [-0.05, 0) is 24.3 Å². The monoisotopic (exact) mass is 363 g/mol. The fraction of sp³-hybridized carbons (Fsp3) is 0.375. The van der Waals surface area contributed by atoms with Crippen molar-refractivity contribution >= 4 is 0 Å². The number of hydrogen-bond acceptors (Lipinski definition) is 8. The fourth-order valence-electron chi connectivity index (χ4n) is 2.65. The number of likely N-dealkylation sites (N-methyl/N-ethyl adjacent to an activating group) is 1. The van der Waals surface area contributed by atoms with Crippen molar-refractivity contribution in [2.75, 3.05) is 13.6 Å². The van der Waals surface area contributed by atoms with Gasteiger partial charge in [0.25, 0.3) is 11.8 Å². The van der Waals surface area contributed by atoms with Crippen molar-refractivity contribution < 1.29 is 22.5 Å². The van der Waals surface area contributed by atoms with Crippen molar-refractivity contribution in [1.82, 2.24) is 25.2 Å². The van der Waals surface area contributed by atoms with Crippen LogP contribution in [-0.4, -0.2) is 38.8 Å². The standard InChI is InChI=1S/C16H15F2N5O3/c1-23-5-4-12-11(7-23)15(22-26-12)24-8-10-3-2-9(6-19-10)14-20-21-16(25-14)13(17)18/h2-3,6,13H,4-5,7-8H2,1H3. The van der Waals surface area contributed by atoms with E-state index < -0.39 is 12.3 Å². The Kier molecular flexibility index (Phi) is 4.33. The minimum atomic E-state index is -2.80. The Morgan fingerprint density at radius 3 is 2.92 bits per heavy atom. The van der Waals surface area contributed by atoms with Crippen LogP contribution in [0.1, 0.15) is 29.3 Å². The lowest BCUT2D eigenvalue weighted by molar-refractivity contribution is 0.116. The molecule has 8 nitrogen and oxygen atoms in total. The Labute approximate surface area is 146 Å². The second kappa shape index (κ2) is 6.79. The zero-order valence-corrected chi connectivity index (χ0v) is 13.9. The van der Waals surface area contributed by atoms with Gasteiger partial charge in [0.2, 0.25) is 5.89 Å². The van der Waals surface area contributed by atoms with Crippen LogP contribution in [0.5, 0.6) is 5.88 Å². The lowest BCUT2D eigenvalue weighted by atomic mass is 10.1. The Morgan fingerprint density at radius 2 is 2.19 bits per heavy atom. The van der Waals surface area contributed by atoms with Gasteiger partial charge in [-0.2, -0.15) is 8.78 Å². The van der Waals surface area contributed by atoms with E-state index in [1.165, 1.54) is 6.20 Å². The second-order valence-corrected chi connectivity index (χ2v) is 5.95. The summed E-state index contributed by atoms with van der Waals surface area (Å²) in [6.07, 6.45) is -0.530. The molecule has 0 spiro atoms. The van der Waals surface area contributed by atoms with Crippen LogP contribution >= 0.6 is 0 Å². The van der Waals surface area contributed by atoms with Crippen molar-refractivity contribution in [3.8, 4) is 17.3 Å². The van der Waals surface area contributed by atoms with E-state index in [-0.39, 0.29) is 12.5 Å². The molecule has 0 saturated carbocycles. The molecule has 0 aliphatic carbocycles. The van der Waals surface area contributed by atoms with Crippen molar-refractivity contribution in [2.24, 2.45) is 0 Å². The molecule has 0 atom stereocenters. The van der Waals surface area contributed by atoms with Gasteiger partial charge < -0.3 is 18.6 Å². The van der Waals surface area contributed by atoms with Crippen molar-refractivity contribution in [1.29, 1.82) is 0 Å². The van der Waals surface area contributed by atoms with Gasteiger partial charge in [0, 0.05) is 25.7 Å².